The van der Waals surface area contributed by atoms with Crippen LogP contribution in [0.25, 0.3) is 0 Å². The van der Waals surface area contributed by atoms with Crippen LogP contribution in [0.5, 0.6) is 11.6 Å². The van der Waals surface area contributed by atoms with Crippen LogP contribution >= 0.6 is 0 Å². The molecule has 28 heavy (non-hydrogen) atoms. The van der Waals surface area contributed by atoms with Gasteiger partial charge in [-0.2, -0.15) is 0 Å². The zero-order chi connectivity index (χ0) is 20.0. The molecular formula is C20H27FN4O3. The number of nitrogens with one attached hydrogen (secondary N) is 2. The Kier molecular flexibility index (Phi) is 9.74. The first-order chi connectivity index (χ1) is 13.7. The maximum atomic E-state index is 13.4. The Morgan fingerprint density at radius 2 is 2.04 bits per heavy atom. The second-order valence-corrected chi connectivity index (χ2v) is 5.84. The van der Waals surface area contributed by atoms with E-state index >= 15 is 0 Å². The third-order valence-corrected chi connectivity index (χ3v) is 3.72. The molecule has 0 aliphatic rings. The average Bonchev–Trinajstić information content (AvgIpc) is 2.70. The standard InChI is InChI=1S/C20H27FN4O3/c1-22-20(24-10-5-11-27-13-12-26-2)25-15-16-6-4-9-23-19(16)28-18-8-3-7-17(21)14-18/h3-4,6-9,14H,5,10-13,15H2,1-2H3,(H2,22,24,25). The number of halogens is 1. The van der Waals surface area contributed by atoms with Crippen LogP contribution in [-0.4, -0.2) is 51.5 Å². The molecule has 0 radical (unpaired) electrons. The lowest BCUT2D eigenvalue weighted by Gasteiger charge is -2.14. The minimum atomic E-state index is -0.357. The van der Waals surface area contributed by atoms with Crippen molar-refractivity contribution in [2.24, 2.45) is 4.99 Å². The molecule has 0 saturated heterocycles. The Labute approximate surface area is 164 Å². The third-order valence-electron chi connectivity index (χ3n) is 3.72. The summed E-state index contributed by atoms with van der Waals surface area (Å²) in [4.78, 5) is 8.45. The fourth-order valence-electron chi connectivity index (χ4n) is 2.32. The first kappa shape index (κ1) is 21.6. The maximum absolute atomic E-state index is 13.4. The van der Waals surface area contributed by atoms with Crippen LogP contribution in [0.3, 0.4) is 0 Å². The van der Waals surface area contributed by atoms with Gasteiger partial charge < -0.3 is 24.8 Å². The number of aliphatic imine (C=N–C) groups is 1. The van der Waals surface area contributed by atoms with Gasteiger partial charge in [-0.25, -0.2) is 9.37 Å². The Balaban J connectivity index is 1.81. The van der Waals surface area contributed by atoms with Gasteiger partial charge in [0.2, 0.25) is 5.88 Å². The smallest absolute Gasteiger partial charge is 0.224 e. The highest BCUT2D eigenvalue weighted by molar-refractivity contribution is 5.79. The SMILES string of the molecule is CN=C(NCCCOCCOC)NCc1cccnc1Oc1cccc(F)c1. The minimum absolute atomic E-state index is 0.357. The zero-order valence-electron chi connectivity index (χ0n) is 16.3. The van der Waals surface area contributed by atoms with Crippen LogP contribution in [0.2, 0.25) is 0 Å². The molecule has 8 heteroatoms. The van der Waals surface area contributed by atoms with E-state index in [-0.39, 0.29) is 5.82 Å². The third kappa shape index (κ3) is 7.89. The molecule has 1 heterocycles. The first-order valence-electron chi connectivity index (χ1n) is 9.11. The summed E-state index contributed by atoms with van der Waals surface area (Å²) in [5.74, 6) is 1.12. The minimum Gasteiger partial charge on any atom is -0.439 e. The Morgan fingerprint density at radius 1 is 1.14 bits per heavy atom. The van der Waals surface area contributed by atoms with Gasteiger partial charge in [-0.1, -0.05) is 12.1 Å². The van der Waals surface area contributed by atoms with Crippen LogP contribution in [0.15, 0.2) is 47.6 Å². The Hall–Kier alpha value is -2.71. The summed E-state index contributed by atoms with van der Waals surface area (Å²) in [5.41, 5.74) is 0.831. The van der Waals surface area contributed by atoms with Gasteiger partial charge in [-0.15, -0.1) is 0 Å². The number of aromatic nitrogens is 1. The van der Waals surface area contributed by atoms with E-state index in [0.29, 0.717) is 44.0 Å². The van der Waals surface area contributed by atoms with Crippen molar-refractivity contribution in [1.82, 2.24) is 15.6 Å². The fraction of sp³-hybridized carbons (Fsp3) is 0.400. The highest BCUT2D eigenvalue weighted by atomic mass is 19.1. The van der Waals surface area contributed by atoms with E-state index in [1.807, 2.05) is 12.1 Å². The topological polar surface area (TPSA) is 77.0 Å². The summed E-state index contributed by atoms with van der Waals surface area (Å²) in [6.45, 7) is 3.04. The quantitative estimate of drug-likeness (QED) is 0.349. The van der Waals surface area contributed by atoms with Crippen molar-refractivity contribution in [3.8, 4) is 11.6 Å². The molecule has 1 aromatic heterocycles. The van der Waals surface area contributed by atoms with Gasteiger partial charge in [0.25, 0.3) is 0 Å². The van der Waals surface area contributed by atoms with Crippen molar-refractivity contribution in [2.75, 3.05) is 40.5 Å². The van der Waals surface area contributed by atoms with Crippen LogP contribution in [0.1, 0.15) is 12.0 Å². The molecule has 0 bridgehead atoms. The molecule has 1 aromatic carbocycles. The summed E-state index contributed by atoms with van der Waals surface area (Å²) < 4.78 is 29.4. The van der Waals surface area contributed by atoms with E-state index < -0.39 is 0 Å². The summed E-state index contributed by atoms with van der Waals surface area (Å²) in [7, 11) is 3.36. The molecule has 0 fully saturated rings. The summed E-state index contributed by atoms with van der Waals surface area (Å²) in [5, 5.41) is 6.44. The van der Waals surface area contributed by atoms with Gasteiger partial charge in [0.05, 0.1) is 13.2 Å². The van der Waals surface area contributed by atoms with Gasteiger partial charge >= 0.3 is 0 Å². The second kappa shape index (κ2) is 12.6. The average molecular weight is 390 g/mol. The molecule has 0 unspecified atom stereocenters. The van der Waals surface area contributed by atoms with Crippen LogP contribution in [0, 0.1) is 5.82 Å². The molecule has 152 valence electrons. The molecule has 0 aliphatic heterocycles. The highest BCUT2D eigenvalue weighted by Crippen LogP contribution is 2.23. The lowest BCUT2D eigenvalue weighted by atomic mass is 10.2. The first-order valence-corrected chi connectivity index (χ1v) is 9.11. The highest BCUT2D eigenvalue weighted by Gasteiger charge is 2.08. The molecule has 0 spiro atoms. The predicted octanol–water partition coefficient (Wildman–Crippen LogP) is 2.73. The van der Waals surface area contributed by atoms with Crippen molar-refractivity contribution < 1.29 is 18.6 Å². The molecule has 7 nitrogen and oxygen atoms in total. The van der Waals surface area contributed by atoms with Crippen molar-refractivity contribution in [1.29, 1.82) is 0 Å². The molecule has 2 rings (SSSR count). The van der Waals surface area contributed by atoms with Gasteiger partial charge in [0.1, 0.15) is 11.6 Å². The molecule has 2 aromatic rings. The number of pyridine rings is 1. The molecule has 0 amide bonds. The normalized spacial score (nSPS) is 11.3. The van der Waals surface area contributed by atoms with E-state index in [2.05, 4.69) is 20.6 Å². The fourth-order valence-corrected chi connectivity index (χ4v) is 2.32. The van der Waals surface area contributed by atoms with Crippen LogP contribution in [-0.2, 0) is 16.0 Å². The summed E-state index contributed by atoms with van der Waals surface area (Å²) >= 11 is 0. The number of hydrogen-bond donors (Lipinski definition) is 2. The number of guanidine groups is 1. The molecular weight excluding hydrogens is 363 g/mol. The van der Waals surface area contributed by atoms with E-state index in [1.54, 1.807) is 32.5 Å². The van der Waals surface area contributed by atoms with E-state index in [0.717, 1.165) is 18.5 Å². The van der Waals surface area contributed by atoms with Crippen molar-refractivity contribution in [3.63, 3.8) is 0 Å². The number of rotatable bonds is 11. The molecule has 0 atom stereocenters. The van der Waals surface area contributed by atoms with E-state index in [1.165, 1.54) is 12.1 Å². The number of ether oxygens (including phenoxy) is 3. The Morgan fingerprint density at radius 3 is 2.82 bits per heavy atom. The maximum Gasteiger partial charge on any atom is 0.224 e. The molecule has 0 aliphatic carbocycles. The van der Waals surface area contributed by atoms with Gasteiger partial charge in [-0.05, 0) is 24.6 Å². The number of hydrogen-bond acceptors (Lipinski definition) is 5. The lowest BCUT2D eigenvalue weighted by molar-refractivity contribution is 0.0698. The predicted molar refractivity (Wildman–Crippen MR) is 106 cm³/mol. The van der Waals surface area contributed by atoms with E-state index in [4.69, 9.17) is 14.2 Å². The summed E-state index contributed by atoms with van der Waals surface area (Å²) in [6.07, 6.45) is 2.49. The number of benzene rings is 1. The molecule has 0 saturated carbocycles. The molecule has 2 N–H and O–H groups in total. The largest absolute Gasteiger partial charge is 0.439 e. The second-order valence-electron chi connectivity index (χ2n) is 5.84. The van der Waals surface area contributed by atoms with Crippen molar-refractivity contribution in [3.05, 3.63) is 54.0 Å². The zero-order valence-corrected chi connectivity index (χ0v) is 16.3. The Bertz CT molecular complexity index is 743. The van der Waals surface area contributed by atoms with Gasteiger partial charge in [-0.3, -0.25) is 4.99 Å². The van der Waals surface area contributed by atoms with Crippen molar-refractivity contribution >= 4 is 5.96 Å². The number of nitrogens with zero attached hydrogens (tertiary/aromatic N) is 2. The van der Waals surface area contributed by atoms with Crippen LogP contribution < -0.4 is 15.4 Å². The van der Waals surface area contributed by atoms with E-state index in [9.17, 15) is 4.39 Å². The lowest BCUT2D eigenvalue weighted by Crippen LogP contribution is -2.37. The van der Waals surface area contributed by atoms with Gasteiger partial charge in [0, 0.05) is 51.7 Å². The monoisotopic (exact) mass is 390 g/mol. The van der Waals surface area contributed by atoms with Crippen LogP contribution in [0.4, 0.5) is 4.39 Å². The number of methoxy groups -OCH3 is 1. The summed E-state index contributed by atoms with van der Waals surface area (Å²) in [6, 6.07) is 9.68. The van der Waals surface area contributed by atoms with Crippen molar-refractivity contribution in [2.45, 2.75) is 13.0 Å². The van der Waals surface area contributed by atoms with Gasteiger partial charge in [0.15, 0.2) is 5.96 Å².